The van der Waals surface area contributed by atoms with E-state index >= 15 is 0 Å². The number of amides is 1. The molecule has 1 amide bonds. The summed E-state index contributed by atoms with van der Waals surface area (Å²) in [6.45, 7) is 0.647. The molecule has 2 aromatic heterocycles. The molecule has 3 aromatic rings. The molecule has 0 aliphatic carbocycles. The Hall–Kier alpha value is -2.73. The first-order valence-corrected chi connectivity index (χ1v) is 8.62. The Kier molecular flexibility index (Phi) is 5.74. The van der Waals surface area contributed by atoms with Crippen molar-refractivity contribution in [3.05, 3.63) is 82.7 Å². The molecule has 0 fully saturated rings. The van der Waals surface area contributed by atoms with E-state index in [-0.39, 0.29) is 5.91 Å². The summed E-state index contributed by atoms with van der Waals surface area (Å²) in [6, 6.07) is 15.2. The molecule has 0 aliphatic heterocycles. The Morgan fingerprint density at radius 3 is 2.64 bits per heavy atom. The summed E-state index contributed by atoms with van der Waals surface area (Å²) < 4.78 is 0.929. The number of carbonyl (C=O) groups is 1. The molecule has 25 heavy (non-hydrogen) atoms. The van der Waals surface area contributed by atoms with E-state index in [2.05, 4.69) is 36.5 Å². The molecule has 1 aromatic carbocycles. The van der Waals surface area contributed by atoms with E-state index in [0.29, 0.717) is 18.7 Å². The summed E-state index contributed by atoms with van der Waals surface area (Å²) in [7, 11) is 0. The van der Waals surface area contributed by atoms with Crippen molar-refractivity contribution in [3.63, 3.8) is 0 Å². The smallest absolute Gasteiger partial charge is 0.228 e. The largest absolute Gasteiger partial charge is 0.366 e. The van der Waals surface area contributed by atoms with E-state index in [0.717, 1.165) is 21.4 Å². The molecule has 5 nitrogen and oxygen atoms in total. The lowest BCUT2D eigenvalue weighted by molar-refractivity contribution is -0.115. The number of nitrogens with zero attached hydrogens (tertiary/aromatic N) is 2. The molecule has 0 radical (unpaired) electrons. The zero-order valence-corrected chi connectivity index (χ0v) is 15.0. The molecule has 0 aliphatic rings. The Bertz CT molecular complexity index is 838. The van der Waals surface area contributed by atoms with Crippen molar-refractivity contribution in [1.29, 1.82) is 0 Å². The van der Waals surface area contributed by atoms with E-state index < -0.39 is 0 Å². The van der Waals surface area contributed by atoms with Crippen LogP contribution in [0.25, 0.3) is 0 Å². The standard InChI is InChI=1S/C19H17BrN4O/c20-17-6-2-1-5-15(17)10-19(25)24-16-7-8-18(23-13-16)22-12-14-4-3-9-21-11-14/h1-9,11,13H,10,12H2,(H,22,23)(H,24,25). The lowest BCUT2D eigenvalue weighted by atomic mass is 10.1. The predicted molar refractivity (Wildman–Crippen MR) is 102 cm³/mol. The number of carbonyl (C=O) groups excluding carboxylic acids is 1. The number of anilines is 2. The highest BCUT2D eigenvalue weighted by Crippen LogP contribution is 2.17. The first-order chi connectivity index (χ1) is 12.2. The summed E-state index contributed by atoms with van der Waals surface area (Å²) >= 11 is 3.45. The number of rotatable bonds is 6. The monoisotopic (exact) mass is 396 g/mol. The Morgan fingerprint density at radius 1 is 1.04 bits per heavy atom. The molecule has 0 unspecified atom stereocenters. The summed E-state index contributed by atoms with van der Waals surface area (Å²) in [5, 5.41) is 6.08. The average Bonchev–Trinajstić information content (AvgIpc) is 2.64. The molecule has 0 atom stereocenters. The molecule has 0 saturated carbocycles. The summed E-state index contributed by atoms with van der Waals surface area (Å²) in [5.41, 5.74) is 2.70. The van der Waals surface area contributed by atoms with Crippen LogP contribution in [-0.2, 0) is 17.8 Å². The van der Waals surface area contributed by atoms with Gasteiger partial charge in [-0.3, -0.25) is 9.78 Å². The van der Waals surface area contributed by atoms with Gasteiger partial charge in [-0.25, -0.2) is 4.98 Å². The zero-order chi connectivity index (χ0) is 17.5. The number of aromatic nitrogens is 2. The third kappa shape index (κ3) is 5.12. The van der Waals surface area contributed by atoms with Crippen LogP contribution in [0.5, 0.6) is 0 Å². The van der Waals surface area contributed by atoms with Gasteiger partial charge in [-0.2, -0.15) is 0 Å². The van der Waals surface area contributed by atoms with Crippen LogP contribution in [0.15, 0.2) is 71.6 Å². The van der Waals surface area contributed by atoms with E-state index in [4.69, 9.17) is 0 Å². The van der Waals surface area contributed by atoms with Gasteiger partial charge in [0.1, 0.15) is 5.82 Å². The zero-order valence-electron chi connectivity index (χ0n) is 13.4. The molecular formula is C19H17BrN4O. The van der Waals surface area contributed by atoms with Crippen molar-refractivity contribution in [3.8, 4) is 0 Å². The fourth-order valence-corrected chi connectivity index (χ4v) is 2.71. The topological polar surface area (TPSA) is 66.9 Å². The fraction of sp³-hybridized carbons (Fsp3) is 0.105. The maximum absolute atomic E-state index is 12.1. The van der Waals surface area contributed by atoms with Gasteiger partial charge in [0.25, 0.3) is 0 Å². The third-order valence-electron chi connectivity index (χ3n) is 3.55. The van der Waals surface area contributed by atoms with Gasteiger partial charge in [-0.05, 0) is 35.4 Å². The Balaban J connectivity index is 1.53. The minimum atomic E-state index is -0.0789. The molecule has 0 saturated heterocycles. The second kappa shape index (κ2) is 8.39. The third-order valence-corrected chi connectivity index (χ3v) is 4.33. The highest BCUT2D eigenvalue weighted by Gasteiger charge is 2.07. The number of hydrogen-bond donors (Lipinski definition) is 2. The van der Waals surface area contributed by atoms with Gasteiger partial charge >= 0.3 is 0 Å². The molecular weight excluding hydrogens is 380 g/mol. The van der Waals surface area contributed by atoms with Crippen LogP contribution in [-0.4, -0.2) is 15.9 Å². The molecule has 0 bridgehead atoms. The van der Waals surface area contributed by atoms with Crippen molar-refractivity contribution in [1.82, 2.24) is 9.97 Å². The number of halogens is 1. The van der Waals surface area contributed by atoms with Gasteiger partial charge < -0.3 is 10.6 Å². The van der Waals surface area contributed by atoms with Crippen LogP contribution in [0.4, 0.5) is 11.5 Å². The van der Waals surface area contributed by atoms with Gasteiger partial charge in [0.05, 0.1) is 18.3 Å². The Labute approximate surface area is 154 Å². The van der Waals surface area contributed by atoms with Gasteiger partial charge in [0.2, 0.25) is 5.91 Å². The predicted octanol–water partition coefficient (Wildman–Crippen LogP) is 4.03. The number of benzene rings is 1. The number of nitrogens with one attached hydrogen (secondary N) is 2. The SMILES string of the molecule is O=C(Cc1ccccc1Br)Nc1ccc(NCc2cccnc2)nc1. The number of hydrogen-bond acceptors (Lipinski definition) is 4. The van der Waals surface area contributed by atoms with Crippen LogP contribution in [0.2, 0.25) is 0 Å². The van der Waals surface area contributed by atoms with Crippen LogP contribution in [0, 0.1) is 0 Å². The number of pyridine rings is 2. The molecule has 2 heterocycles. The molecule has 2 N–H and O–H groups in total. The lowest BCUT2D eigenvalue weighted by Gasteiger charge is -2.08. The molecule has 6 heteroatoms. The van der Waals surface area contributed by atoms with Crippen molar-refractivity contribution < 1.29 is 4.79 Å². The van der Waals surface area contributed by atoms with Crippen LogP contribution < -0.4 is 10.6 Å². The van der Waals surface area contributed by atoms with Crippen LogP contribution in [0.3, 0.4) is 0 Å². The second-order valence-corrected chi connectivity index (χ2v) is 6.32. The van der Waals surface area contributed by atoms with Crippen molar-refractivity contribution in [2.45, 2.75) is 13.0 Å². The first kappa shape index (κ1) is 17.1. The minimum absolute atomic E-state index is 0.0789. The van der Waals surface area contributed by atoms with Crippen molar-refractivity contribution >= 4 is 33.3 Å². The van der Waals surface area contributed by atoms with Gasteiger partial charge in [-0.15, -0.1) is 0 Å². The van der Waals surface area contributed by atoms with E-state index in [9.17, 15) is 4.79 Å². The lowest BCUT2D eigenvalue weighted by Crippen LogP contribution is -2.15. The van der Waals surface area contributed by atoms with E-state index in [1.54, 1.807) is 12.4 Å². The van der Waals surface area contributed by atoms with Crippen molar-refractivity contribution in [2.24, 2.45) is 0 Å². The highest BCUT2D eigenvalue weighted by atomic mass is 79.9. The maximum atomic E-state index is 12.1. The summed E-state index contributed by atoms with van der Waals surface area (Å²) in [4.78, 5) is 20.5. The summed E-state index contributed by atoms with van der Waals surface area (Å²) in [5.74, 6) is 0.664. The minimum Gasteiger partial charge on any atom is -0.366 e. The first-order valence-electron chi connectivity index (χ1n) is 7.83. The highest BCUT2D eigenvalue weighted by molar-refractivity contribution is 9.10. The van der Waals surface area contributed by atoms with Crippen molar-refractivity contribution in [2.75, 3.05) is 10.6 Å². The van der Waals surface area contributed by atoms with E-state index in [1.165, 1.54) is 0 Å². The van der Waals surface area contributed by atoms with Gasteiger partial charge in [0.15, 0.2) is 0 Å². The van der Waals surface area contributed by atoms with Gasteiger partial charge in [0, 0.05) is 23.4 Å². The molecule has 3 rings (SSSR count). The van der Waals surface area contributed by atoms with Crippen LogP contribution >= 0.6 is 15.9 Å². The van der Waals surface area contributed by atoms with Gasteiger partial charge in [-0.1, -0.05) is 40.2 Å². The average molecular weight is 397 g/mol. The summed E-state index contributed by atoms with van der Waals surface area (Å²) in [6.07, 6.45) is 5.50. The second-order valence-electron chi connectivity index (χ2n) is 5.46. The normalized spacial score (nSPS) is 10.3. The quantitative estimate of drug-likeness (QED) is 0.659. The molecule has 0 spiro atoms. The van der Waals surface area contributed by atoms with Crippen LogP contribution in [0.1, 0.15) is 11.1 Å². The Morgan fingerprint density at radius 2 is 1.92 bits per heavy atom. The fourth-order valence-electron chi connectivity index (χ4n) is 2.29. The maximum Gasteiger partial charge on any atom is 0.228 e. The molecule has 126 valence electrons. The van der Waals surface area contributed by atoms with E-state index in [1.807, 2.05) is 54.7 Å².